The summed E-state index contributed by atoms with van der Waals surface area (Å²) >= 11 is 0. The Kier molecular flexibility index (Phi) is 8.54. The summed E-state index contributed by atoms with van der Waals surface area (Å²) in [5.41, 5.74) is 0. The van der Waals surface area contributed by atoms with E-state index in [-0.39, 0.29) is 17.9 Å². The Morgan fingerprint density at radius 3 is 2.35 bits per heavy atom. The maximum atomic E-state index is 11.7. The molecule has 0 aromatic heterocycles. The van der Waals surface area contributed by atoms with Crippen molar-refractivity contribution in [3.05, 3.63) is 0 Å². The molecule has 0 radical (unpaired) electrons. The molecule has 0 bridgehead atoms. The van der Waals surface area contributed by atoms with Gasteiger partial charge in [-0.2, -0.15) is 0 Å². The lowest BCUT2D eigenvalue weighted by molar-refractivity contribution is -0.144. The summed E-state index contributed by atoms with van der Waals surface area (Å²) in [7, 11) is -2.81. The Morgan fingerprint density at radius 2 is 1.83 bits per heavy atom. The molecular formula is C17H33NO4S. The molecule has 1 aliphatic rings. The van der Waals surface area contributed by atoms with Gasteiger partial charge in [0.15, 0.2) is 0 Å². The zero-order valence-electron chi connectivity index (χ0n) is 15.0. The summed E-state index contributed by atoms with van der Waals surface area (Å²) in [6, 6.07) is 0.280. The average molecular weight is 348 g/mol. The predicted molar refractivity (Wildman–Crippen MR) is 93.0 cm³/mol. The molecule has 1 N–H and O–H groups in total. The van der Waals surface area contributed by atoms with Crippen LogP contribution in [0.3, 0.4) is 0 Å². The minimum absolute atomic E-state index is 0.128. The molecule has 1 saturated heterocycles. The van der Waals surface area contributed by atoms with Crippen molar-refractivity contribution in [2.45, 2.75) is 59.4 Å². The number of carbonyl (C=O) groups is 1. The van der Waals surface area contributed by atoms with Crippen molar-refractivity contribution in [2.24, 2.45) is 17.8 Å². The summed E-state index contributed by atoms with van der Waals surface area (Å²) in [6.07, 6.45) is 2.91. The monoisotopic (exact) mass is 347 g/mol. The third kappa shape index (κ3) is 8.15. The van der Waals surface area contributed by atoms with Gasteiger partial charge in [-0.15, -0.1) is 0 Å². The topological polar surface area (TPSA) is 72.5 Å². The predicted octanol–water partition coefficient (Wildman–Crippen LogP) is 2.40. The molecule has 0 spiro atoms. The third-order valence-electron chi connectivity index (χ3n) is 4.60. The Labute approximate surface area is 141 Å². The molecule has 0 amide bonds. The quantitative estimate of drug-likeness (QED) is 0.649. The van der Waals surface area contributed by atoms with E-state index in [0.29, 0.717) is 36.4 Å². The lowest BCUT2D eigenvalue weighted by Gasteiger charge is -2.30. The summed E-state index contributed by atoms with van der Waals surface area (Å²) < 4.78 is 28.1. The molecule has 5 nitrogen and oxygen atoms in total. The second-order valence-corrected chi connectivity index (χ2v) is 9.49. The van der Waals surface area contributed by atoms with Crippen molar-refractivity contribution in [3.8, 4) is 0 Å². The SMILES string of the molecule is CCOC(=O)C[C@@H](CNC(C)C1CCS(=O)(=O)CC1)CC(C)C. The van der Waals surface area contributed by atoms with Crippen LogP contribution < -0.4 is 5.32 Å². The Hall–Kier alpha value is -0.620. The van der Waals surface area contributed by atoms with Crippen LogP contribution in [0.15, 0.2) is 0 Å². The highest BCUT2D eigenvalue weighted by Gasteiger charge is 2.27. The van der Waals surface area contributed by atoms with Gasteiger partial charge in [-0.1, -0.05) is 13.8 Å². The largest absolute Gasteiger partial charge is 0.466 e. The standard InChI is InChI=1S/C17H33NO4S/c1-5-22-17(19)11-15(10-13(2)3)12-18-14(4)16-6-8-23(20,21)9-7-16/h13-16,18H,5-12H2,1-4H3/t14?,15-/m0/s1. The zero-order valence-corrected chi connectivity index (χ0v) is 15.8. The second kappa shape index (κ2) is 9.62. The van der Waals surface area contributed by atoms with Gasteiger partial charge in [0.1, 0.15) is 9.84 Å². The molecule has 136 valence electrons. The van der Waals surface area contributed by atoms with Crippen LogP contribution in [0.5, 0.6) is 0 Å². The second-order valence-electron chi connectivity index (χ2n) is 7.19. The van der Waals surface area contributed by atoms with Crippen molar-refractivity contribution in [3.63, 3.8) is 0 Å². The first kappa shape index (κ1) is 20.4. The molecule has 1 heterocycles. The van der Waals surface area contributed by atoms with Gasteiger partial charge in [0, 0.05) is 12.5 Å². The first-order chi connectivity index (χ1) is 10.7. The van der Waals surface area contributed by atoms with Crippen molar-refractivity contribution < 1.29 is 17.9 Å². The number of nitrogens with one attached hydrogen (secondary N) is 1. The van der Waals surface area contributed by atoms with Gasteiger partial charge in [-0.25, -0.2) is 8.42 Å². The van der Waals surface area contributed by atoms with Gasteiger partial charge in [0.25, 0.3) is 0 Å². The van der Waals surface area contributed by atoms with Gasteiger partial charge in [-0.3, -0.25) is 4.79 Å². The average Bonchev–Trinajstić information content (AvgIpc) is 2.44. The fourth-order valence-electron chi connectivity index (χ4n) is 3.29. The van der Waals surface area contributed by atoms with E-state index in [1.54, 1.807) is 0 Å². The fraction of sp³-hybridized carbons (Fsp3) is 0.941. The molecule has 0 saturated carbocycles. The van der Waals surface area contributed by atoms with Crippen molar-refractivity contribution in [1.29, 1.82) is 0 Å². The number of ether oxygens (including phenoxy) is 1. The van der Waals surface area contributed by atoms with Crippen LogP contribution in [0.4, 0.5) is 0 Å². The maximum Gasteiger partial charge on any atom is 0.306 e. The third-order valence-corrected chi connectivity index (χ3v) is 6.32. The molecule has 1 rings (SSSR count). The Balaban J connectivity index is 2.44. The van der Waals surface area contributed by atoms with Gasteiger partial charge >= 0.3 is 5.97 Å². The van der Waals surface area contributed by atoms with Crippen molar-refractivity contribution in [1.82, 2.24) is 5.32 Å². The summed E-state index contributed by atoms with van der Waals surface area (Å²) in [5, 5.41) is 3.53. The van der Waals surface area contributed by atoms with Crippen LogP contribution in [0.1, 0.15) is 53.4 Å². The van der Waals surface area contributed by atoms with E-state index in [0.717, 1.165) is 25.8 Å². The summed E-state index contributed by atoms with van der Waals surface area (Å²) in [6.45, 7) is 9.47. The highest BCUT2D eigenvalue weighted by Crippen LogP contribution is 2.23. The summed E-state index contributed by atoms with van der Waals surface area (Å²) in [4.78, 5) is 11.7. The first-order valence-corrected chi connectivity index (χ1v) is 10.6. The lowest BCUT2D eigenvalue weighted by Crippen LogP contribution is -2.41. The molecule has 0 aromatic carbocycles. The number of rotatable bonds is 9. The molecule has 1 fully saturated rings. The van der Waals surface area contributed by atoms with E-state index in [1.807, 2.05) is 6.92 Å². The van der Waals surface area contributed by atoms with Gasteiger partial charge < -0.3 is 10.1 Å². The molecule has 2 atom stereocenters. The minimum atomic E-state index is -2.81. The number of sulfone groups is 1. The van der Waals surface area contributed by atoms with Crippen LogP contribution in [0, 0.1) is 17.8 Å². The molecule has 0 aliphatic carbocycles. The molecule has 6 heteroatoms. The van der Waals surface area contributed by atoms with E-state index < -0.39 is 9.84 Å². The van der Waals surface area contributed by atoms with Crippen molar-refractivity contribution in [2.75, 3.05) is 24.7 Å². The van der Waals surface area contributed by atoms with Gasteiger partial charge in [0.05, 0.1) is 18.1 Å². The maximum absolute atomic E-state index is 11.7. The van der Waals surface area contributed by atoms with Crippen LogP contribution in [0.2, 0.25) is 0 Å². The van der Waals surface area contributed by atoms with Crippen LogP contribution in [-0.4, -0.2) is 45.1 Å². The van der Waals surface area contributed by atoms with Crippen LogP contribution >= 0.6 is 0 Å². The zero-order chi connectivity index (χ0) is 17.5. The van der Waals surface area contributed by atoms with E-state index in [1.165, 1.54) is 0 Å². The molecule has 1 aliphatic heterocycles. The first-order valence-electron chi connectivity index (χ1n) is 8.83. The molecule has 0 aromatic rings. The Bertz CT molecular complexity index is 447. The van der Waals surface area contributed by atoms with Gasteiger partial charge in [-0.05, 0) is 57.4 Å². The van der Waals surface area contributed by atoms with E-state index in [2.05, 4.69) is 26.1 Å². The van der Waals surface area contributed by atoms with Crippen LogP contribution in [-0.2, 0) is 19.4 Å². The van der Waals surface area contributed by atoms with E-state index in [9.17, 15) is 13.2 Å². The number of esters is 1. The Morgan fingerprint density at radius 1 is 1.22 bits per heavy atom. The number of hydrogen-bond donors (Lipinski definition) is 1. The van der Waals surface area contributed by atoms with E-state index >= 15 is 0 Å². The van der Waals surface area contributed by atoms with Crippen LogP contribution in [0.25, 0.3) is 0 Å². The smallest absolute Gasteiger partial charge is 0.306 e. The highest BCUT2D eigenvalue weighted by atomic mass is 32.2. The van der Waals surface area contributed by atoms with Crippen molar-refractivity contribution >= 4 is 15.8 Å². The molecular weight excluding hydrogens is 314 g/mol. The van der Waals surface area contributed by atoms with E-state index in [4.69, 9.17) is 4.74 Å². The molecule has 23 heavy (non-hydrogen) atoms. The molecule has 1 unspecified atom stereocenters. The van der Waals surface area contributed by atoms with Gasteiger partial charge in [0.2, 0.25) is 0 Å². The number of carbonyl (C=O) groups excluding carboxylic acids is 1. The normalized spacial score (nSPS) is 21.1. The lowest BCUT2D eigenvalue weighted by atomic mass is 9.91. The number of hydrogen-bond acceptors (Lipinski definition) is 5. The minimum Gasteiger partial charge on any atom is -0.466 e. The highest BCUT2D eigenvalue weighted by molar-refractivity contribution is 7.91. The fourth-order valence-corrected chi connectivity index (χ4v) is 4.82. The summed E-state index contributed by atoms with van der Waals surface area (Å²) in [5.74, 6) is 1.69.